The molecule has 1 aromatic carbocycles. The molecule has 22 heavy (non-hydrogen) atoms. The molecule has 0 aliphatic carbocycles. The SMILES string of the molecule is Cn1nc(C(=O)NCC(C)(C)O)cc1-c1ccc(Cl)c(Cl)c1. The van der Waals surface area contributed by atoms with Crippen molar-refractivity contribution in [2.24, 2.45) is 7.05 Å². The van der Waals surface area contributed by atoms with Crippen molar-refractivity contribution < 1.29 is 9.90 Å². The molecule has 2 N–H and O–H groups in total. The number of aliphatic hydroxyl groups is 1. The molecule has 2 aromatic rings. The Kier molecular flexibility index (Phi) is 4.80. The summed E-state index contributed by atoms with van der Waals surface area (Å²) in [6.45, 7) is 3.38. The molecular formula is C15H17Cl2N3O2. The minimum atomic E-state index is -0.975. The molecule has 1 aromatic heterocycles. The highest BCUT2D eigenvalue weighted by molar-refractivity contribution is 6.42. The first-order valence-electron chi connectivity index (χ1n) is 6.67. The number of carbonyl (C=O) groups is 1. The molecule has 1 amide bonds. The maximum absolute atomic E-state index is 12.1. The molecule has 118 valence electrons. The zero-order valence-corrected chi connectivity index (χ0v) is 14.0. The molecule has 0 radical (unpaired) electrons. The first-order chi connectivity index (χ1) is 10.2. The number of nitrogens with one attached hydrogen (secondary N) is 1. The molecule has 0 bridgehead atoms. The third-order valence-corrected chi connectivity index (χ3v) is 3.75. The van der Waals surface area contributed by atoms with Crippen molar-refractivity contribution in [3.63, 3.8) is 0 Å². The van der Waals surface area contributed by atoms with E-state index < -0.39 is 5.60 Å². The number of carbonyl (C=O) groups excluding carboxylic acids is 1. The number of aromatic nitrogens is 2. The van der Waals surface area contributed by atoms with E-state index in [0.717, 1.165) is 11.3 Å². The lowest BCUT2D eigenvalue weighted by Gasteiger charge is -2.16. The number of amides is 1. The lowest BCUT2D eigenvalue weighted by molar-refractivity contribution is 0.0691. The molecule has 0 fully saturated rings. The predicted molar refractivity (Wildman–Crippen MR) is 87.3 cm³/mol. The molecule has 2 rings (SSSR count). The van der Waals surface area contributed by atoms with Crippen LogP contribution >= 0.6 is 23.2 Å². The number of hydrogen-bond acceptors (Lipinski definition) is 3. The highest BCUT2D eigenvalue weighted by Gasteiger charge is 2.18. The summed E-state index contributed by atoms with van der Waals surface area (Å²) in [4.78, 5) is 12.1. The second-order valence-corrected chi connectivity index (χ2v) is 6.48. The molecule has 5 nitrogen and oxygen atoms in total. The van der Waals surface area contributed by atoms with Gasteiger partial charge in [-0.3, -0.25) is 9.48 Å². The summed E-state index contributed by atoms with van der Waals surface area (Å²) in [6, 6.07) is 6.89. The lowest BCUT2D eigenvalue weighted by atomic mass is 10.1. The number of nitrogens with zero attached hydrogens (tertiary/aromatic N) is 2. The van der Waals surface area contributed by atoms with Gasteiger partial charge in [0.25, 0.3) is 5.91 Å². The van der Waals surface area contributed by atoms with Gasteiger partial charge in [0.2, 0.25) is 0 Å². The van der Waals surface area contributed by atoms with Crippen molar-refractivity contribution >= 4 is 29.1 Å². The summed E-state index contributed by atoms with van der Waals surface area (Å²) in [6.07, 6.45) is 0. The summed E-state index contributed by atoms with van der Waals surface area (Å²) in [5, 5.41) is 17.4. The van der Waals surface area contributed by atoms with Gasteiger partial charge in [-0.05, 0) is 32.0 Å². The molecule has 0 aliphatic rings. The van der Waals surface area contributed by atoms with Crippen molar-refractivity contribution in [2.75, 3.05) is 6.54 Å². The van der Waals surface area contributed by atoms with Crippen LogP contribution in [0.4, 0.5) is 0 Å². The Bertz CT molecular complexity index is 705. The van der Waals surface area contributed by atoms with Crippen LogP contribution in [0.5, 0.6) is 0 Å². The minimum Gasteiger partial charge on any atom is -0.389 e. The second-order valence-electron chi connectivity index (χ2n) is 5.66. The Morgan fingerprint density at radius 1 is 1.32 bits per heavy atom. The third kappa shape index (κ3) is 4.00. The molecule has 0 atom stereocenters. The fourth-order valence-electron chi connectivity index (χ4n) is 1.89. The van der Waals surface area contributed by atoms with Gasteiger partial charge in [-0.25, -0.2) is 0 Å². The van der Waals surface area contributed by atoms with Crippen LogP contribution in [-0.4, -0.2) is 32.9 Å². The topological polar surface area (TPSA) is 67.2 Å². The van der Waals surface area contributed by atoms with Crippen LogP contribution in [0.25, 0.3) is 11.3 Å². The van der Waals surface area contributed by atoms with Crippen LogP contribution in [0.1, 0.15) is 24.3 Å². The van der Waals surface area contributed by atoms with E-state index in [-0.39, 0.29) is 18.1 Å². The van der Waals surface area contributed by atoms with Crippen molar-refractivity contribution in [1.82, 2.24) is 15.1 Å². The highest BCUT2D eigenvalue weighted by Crippen LogP contribution is 2.28. The molecule has 0 saturated heterocycles. The maximum atomic E-state index is 12.1. The monoisotopic (exact) mass is 341 g/mol. The van der Waals surface area contributed by atoms with Crippen LogP contribution in [0, 0.1) is 0 Å². The Morgan fingerprint density at radius 2 is 2.00 bits per heavy atom. The van der Waals surface area contributed by atoms with E-state index in [2.05, 4.69) is 10.4 Å². The highest BCUT2D eigenvalue weighted by atomic mass is 35.5. The first-order valence-corrected chi connectivity index (χ1v) is 7.43. The van der Waals surface area contributed by atoms with E-state index in [1.165, 1.54) is 0 Å². The van der Waals surface area contributed by atoms with Gasteiger partial charge in [-0.15, -0.1) is 0 Å². The predicted octanol–water partition coefficient (Wildman–Crippen LogP) is 2.89. The summed E-state index contributed by atoms with van der Waals surface area (Å²) < 4.78 is 1.60. The summed E-state index contributed by atoms with van der Waals surface area (Å²) in [7, 11) is 1.74. The first kappa shape index (κ1) is 16.8. The van der Waals surface area contributed by atoms with Crippen LogP contribution < -0.4 is 5.32 Å². The maximum Gasteiger partial charge on any atom is 0.271 e. The second kappa shape index (κ2) is 6.28. The fourth-order valence-corrected chi connectivity index (χ4v) is 2.19. The van der Waals surface area contributed by atoms with E-state index in [9.17, 15) is 9.90 Å². The summed E-state index contributed by atoms with van der Waals surface area (Å²) >= 11 is 11.9. The van der Waals surface area contributed by atoms with Gasteiger partial charge in [-0.1, -0.05) is 29.3 Å². The average Bonchev–Trinajstić information content (AvgIpc) is 2.80. The van der Waals surface area contributed by atoms with Gasteiger partial charge in [0.1, 0.15) is 0 Å². The molecule has 0 unspecified atom stereocenters. The summed E-state index contributed by atoms with van der Waals surface area (Å²) in [5.74, 6) is -0.343. The smallest absolute Gasteiger partial charge is 0.271 e. The zero-order chi connectivity index (χ0) is 16.5. The van der Waals surface area contributed by atoms with E-state index in [4.69, 9.17) is 23.2 Å². The number of aryl methyl sites for hydroxylation is 1. The number of halogens is 2. The van der Waals surface area contributed by atoms with E-state index in [0.29, 0.717) is 10.0 Å². The van der Waals surface area contributed by atoms with Crippen molar-refractivity contribution in [3.8, 4) is 11.3 Å². The van der Waals surface area contributed by atoms with E-state index >= 15 is 0 Å². The molecule has 0 aliphatic heterocycles. The van der Waals surface area contributed by atoms with Gasteiger partial charge in [-0.2, -0.15) is 5.10 Å². The van der Waals surface area contributed by atoms with Crippen LogP contribution in [0.3, 0.4) is 0 Å². The van der Waals surface area contributed by atoms with Crippen molar-refractivity contribution in [1.29, 1.82) is 0 Å². The van der Waals surface area contributed by atoms with Gasteiger partial charge in [0.05, 0.1) is 21.3 Å². The van der Waals surface area contributed by atoms with Gasteiger partial charge in [0, 0.05) is 19.2 Å². The zero-order valence-electron chi connectivity index (χ0n) is 12.5. The van der Waals surface area contributed by atoms with Gasteiger partial charge < -0.3 is 10.4 Å². The van der Waals surface area contributed by atoms with Crippen LogP contribution in [0.2, 0.25) is 10.0 Å². The van der Waals surface area contributed by atoms with Crippen molar-refractivity contribution in [2.45, 2.75) is 19.4 Å². The van der Waals surface area contributed by atoms with Gasteiger partial charge in [0.15, 0.2) is 5.69 Å². The van der Waals surface area contributed by atoms with Crippen molar-refractivity contribution in [3.05, 3.63) is 40.0 Å². The number of hydrogen-bond donors (Lipinski definition) is 2. The molecular weight excluding hydrogens is 325 g/mol. The molecule has 1 heterocycles. The Balaban J connectivity index is 2.24. The largest absolute Gasteiger partial charge is 0.389 e. The third-order valence-electron chi connectivity index (χ3n) is 3.01. The fraction of sp³-hybridized carbons (Fsp3) is 0.333. The number of benzene rings is 1. The Labute approximate surface area is 138 Å². The average molecular weight is 342 g/mol. The standard InChI is InChI=1S/C15H17Cl2N3O2/c1-15(2,22)8-18-14(21)12-7-13(20(3)19-12)9-4-5-10(16)11(17)6-9/h4-7,22H,8H2,1-3H3,(H,18,21). The lowest BCUT2D eigenvalue weighted by Crippen LogP contribution is -2.38. The van der Waals surface area contributed by atoms with E-state index in [1.807, 2.05) is 6.07 Å². The molecule has 7 heteroatoms. The molecule has 0 spiro atoms. The summed E-state index contributed by atoms with van der Waals surface area (Å²) in [5.41, 5.74) is 0.850. The molecule has 0 saturated carbocycles. The number of rotatable bonds is 4. The Hall–Kier alpha value is -1.56. The van der Waals surface area contributed by atoms with Crippen LogP contribution in [-0.2, 0) is 7.05 Å². The minimum absolute atomic E-state index is 0.143. The van der Waals surface area contributed by atoms with Crippen LogP contribution in [0.15, 0.2) is 24.3 Å². The quantitative estimate of drug-likeness (QED) is 0.898. The normalized spacial score (nSPS) is 11.5. The Morgan fingerprint density at radius 3 is 2.59 bits per heavy atom. The van der Waals surface area contributed by atoms with E-state index in [1.54, 1.807) is 43.8 Å². The van der Waals surface area contributed by atoms with Gasteiger partial charge >= 0.3 is 0 Å².